The summed E-state index contributed by atoms with van der Waals surface area (Å²) in [4.78, 5) is 0. The zero-order valence-electron chi connectivity index (χ0n) is 4.08. The zero-order chi connectivity index (χ0) is 6.08. The lowest BCUT2D eigenvalue weighted by Crippen LogP contribution is -2.30. The maximum absolute atomic E-state index is 2.50. The maximum atomic E-state index is 2.50. The van der Waals surface area contributed by atoms with Crippen LogP contribution in [0.15, 0.2) is 0 Å². The molecule has 0 saturated carbocycles. The van der Waals surface area contributed by atoms with Crippen molar-refractivity contribution in [3.63, 3.8) is 0 Å². The molecule has 7 heavy (non-hydrogen) atoms. The third-order valence-corrected chi connectivity index (χ3v) is 10.2. The van der Waals surface area contributed by atoms with E-state index < -0.39 is 0.725 Å². The van der Waals surface area contributed by atoms with E-state index in [2.05, 4.69) is 84.1 Å². The van der Waals surface area contributed by atoms with Gasteiger partial charge in [-0.05, 0) is 14.1 Å². The lowest BCUT2D eigenvalue weighted by molar-refractivity contribution is 0.673. The van der Waals surface area contributed by atoms with E-state index in [1.54, 1.807) is 0 Å². The van der Waals surface area contributed by atoms with Crippen LogP contribution in [0.1, 0.15) is 0 Å². The predicted octanol–water partition coefficient (Wildman–Crippen LogP) is 2.29. The average Bonchev–Trinajstić information content (AvgIpc) is 1.31. The largest absolute Gasteiger partial charge is 0.328 e. The third kappa shape index (κ3) is 4.84. The van der Waals surface area contributed by atoms with E-state index in [0.717, 1.165) is 0 Å². The maximum Gasteiger partial charge on any atom is 0.328 e. The molecule has 1 nitrogen and oxygen atoms in total. The molecule has 0 aromatic heterocycles. The molecule has 0 fully saturated rings. The minimum Gasteiger partial charge on any atom is -0.306 e. The van der Waals surface area contributed by atoms with Crippen LogP contribution in [0.3, 0.4) is 0 Å². The number of rotatable bonds is 1. The summed E-state index contributed by atoms with van der Waals surface area (Å²) in [6.07, 6.45) is 0. The molecule has 0 rings (SSSR count). The zero-order valence-corrected chi connectivity index (χ0v) is 11.6. The van der Waals surface area contributed by atoms with Gasteiger partial charge in [0.25, 0.3) is 0 Å². The molecule has 0 unspecified atom stereocenters. The molecule has 0 amide bonds. The first-order valence-corrected chi connectivity index (χ1v) is 13.0. The summed E-state index contributed by atoms with van der Waals surface area (Å²) in [5, 5.41) is 0. The van der Waals surface area contributed by atoms with Gasteiger partial charge >= 0.3 is 0.725 Å². The van der Waals surface area contributed by atoms with Crippen LogP contribution in [-0.4, -0.2) is 19.4 Å². The minimum atomic E-state index is -0.991. The summed E-state index contributed by atoms with van der Waals surface area (Å²) < 4.78 is 1.30. The topological polar surface area (TPSA) is 3.24 Å². The second-order valence-electron chi connectivity index (χ2n) is 1.36. The highest BCUT2D eigenvalue weighted by Gasteiger charge is 2.24. The molecule has 0 spiro atoms. The van der Waals surface area contributed by atoms with Gasteiger partial charge in [-0.2, -0.15) is 0 Å². The van der Waals surface area contributed by atoms with Gasteiger partial charge in [0.2, 0.25) is 0 Å². The van der Waals surface area contributed by atoms with E-state index in [0.29, 0.717) is 0 Å². The monoisotopic (exact) mass is 453 g/mol. The molecule has 0 bridgehead atoms. The van der Waals surface area contributed by atoms with Crippen LogP contribution in [0.4, 0.5) is 0 Å². The normalized spacial score (nSPS) is 12.9. The fourth-order valence-corrected chi connectivity index (χ4v) is 0. The van der Waals surface area contributed by atoms with Crippen LogP contribution in [0.25, 0.3) is 0 Å². The van der Waals surface area contributed by atoms with Crippen molar-refractivity contribution < 1.29 is 0 Å². The van der Waals surface area contributed by atoms with Crippen LogP contribution in [0.5, 0.6) is 0 Å². The molecular weight excluding hydrogens is 447 g/mol. The fourth-order valence-electron chi connectivity index (χ4n) is 0. The molecule has 0 heterocycles. The highest BCUT2D eigenvalue weighted by atomic mass is 127. The van der Waals surface area contributed by atoms with Gasteiger partial charge in [0.15, 0.2) is 0 Å². The molecule has 44 valence electrons. The van der Waals surface area contributed by atoms with Crippen LogP contribution in [0.2, 0.25) is 0 Å². The number of hydrogen-bond donors (Lipinski definition) is 0. The van der Waals surface area contributed by atoms with Crippen molar-refractivity contribution in [1.82, 2.24) is 4.57 Å². The van der Waals surface area contributed by atoms with Gasteiger partial charge in [-0.1, -0.05) is 65.4 Å². The Balaban J connectivity index is 3.54. The Labute approximate surface area is 83.3 Å². The molecule has 0 aliphatic carbocycles. The summed E-state index contributed by atoms with van der Waals surface area (Å²) in [6.45, 7) is 0. The molecule has 0 aromatic rings. The molecule has 0 aromatic carbocycles. The molecule has 0 aliphatic heterocycles. The van der Waals surface area contributed by atoms with Crippen molar-refractivity contribution in [2.45, 2.75) is 0 Å². The Morgan fingerprint density at radius 2 is 1.29 bits per heavy atom. The molecule has 0 N–H and O–H groups in total. The quantitative estimate of drug-likeness (QED) is 0.335. The highest BCUT2D eigenvalue weighted by molar-refractivity contribution is 14.4. The standard InChI is InChI=1S/C2H6I3NSi/c1-6(2)7(3,4)5/h1-2H3. The van der Waals surface area contributed by atoms with Crippen LogP contribution in [0, 0.1) is 0 Å². The van der Waals surface area contributed by atoms with Crippen molar-refractivity contribution in [3.8, 4) is 0 Å². The highest BCUT2D eigenvalue weighted by Crippen LogP contribution is 2.30. The Morgan fingerprint density at radius 3 is 1.29 bits per heavy atom. The lowest BCUT2D eigenvalue weighted by Gasteiger charge is -2.17. The van der Waals surface area contributed by atoms with E-state index in [4.69, 9.17) is 0 Å². The third-order valence-electron chi connectivity index (χ3n) is 0.507. The predicted molar refractivity (Wildman–Crippen MR) is 61.5 cm³/mol. The van der Waals surface area contributed by atoms with Gasteiger partial charge in [-0.3, -0.25) is 0 Å². The minimum absolute atomic E-state index is 0.991. The first-order chi connectivity index (χ1) is 2.94. The Kier molecular flexibility index (Phi) is 4.70. The van der Waals surface area contributed by atoms with E-state index >= 15 is 0 Å². The number of halogens is 3. The summed E-state index contributed by atoms with van der Waals surface area (Å²) in [6, 6.07) is 0. The second-order valence-corrected chi connectivity index (χ2v) is 35.8. The summed E-state index contributed by atoms with van der Waals surface area (Å²) in [5.74, 6) is 0. The van der Waals surface area contributed by atoms with Crippen LogP contribution in [-0.2, 0) is 0 Å². The molecule has 0 aliphatic rings. The SMILES string of the molecule is CN(C)[Si](I)(I)I. The van der Waals surface area contributed by atoms with E-state index in [1.165, 1.54) is 0 Å². The first-order valence-electron chi connectivity index (χ1n) is 1.68. The molecular formula is C2H6I3NSi. The van der Waals surface area contributed by atoms with Gasteiger partial charge in [0.05, 0.1) is 0 Å². The summed E-state index contributed by atoms with van der Waals surface area (Å²) in [5.41, 5.74) is 0. The van der Waals surface area contributed by atoms with Gasteiger partial charge in [0, 0.05) is 0 Å². The van der Waals surface area contributed by atoms with Gasteiger partial charge in [-0.25, -0.2) is 0 Å². The van der Waals surface area contributed by atoms with Crippen LogP contribution < -0.4 is 0 Å². The van der Waals surface area contributed by atoms with Crippen molar-refractivity contribution in [3.05, 3.63) is 0 Å². The lowest BCUT2D eigenvalue weighted by atomic mass is 11.3. The average molecular weight is 453 g/mol. The van der Waals surface area contributed by atoms with Gasteiger partial charge < -0.3 is 4.57 Å². The van der Waals surface area contributed by atoms with E-state index in [9.17, 15) is 0 Å². The molecule has 0 saturated heterocycles. The van der Waals surface area contributed by atoms with Gasteiger partial charge in [0.1, 0.15) is 0 Å². The number of nitrogens with zero attached hydrogens (tertiary/aromatic N) is 1. The first kappa shape index (κ1) is 9.37. The molecule has 0 atom stereocenters. The molecule has 5 heteroatoms. The van der Waals surface area contributed by atoms with Crippen molar-refractivity contribution in [1.29, 1.82) is 0 Å². The fraction of sp³-hybridized carbons (Fsp3) is 1.00. The Hall–Kier alpha value is 2.37. The van der Waals surface area contributed by atoms with Crippen molar-refractivity contribution >= 4 is 66.1 Å². The van der Waals surface area contributed by atoms with E-state index in [-0.39, 0.29) is 0 Å². The van der Waals surface area contributed by atoms with Crippen molar-refractivity contribution in [2.24, 2.45) is 0 Å². The van der Waals surface area contributed by atoms with E-state index in [1.807, 2.05) is 0 Å². The second kappa shape index (κ2) is 3.51. The molecule has 0 radical (unpaired) electrons. The number of hydrogen-bond acceptors (Lipinski definition) is 1. The summed E-state index contributed by atoms with van der Waals surface area (Å²) in [7, 11) is 4.25. The summed E-state index contributed by atoms with van der Waals surface area (Å²) >= 11 is 7.51. The Morgan fingerprint density at radius 1 is 1.14 bits per heavy atom. The van der Waals surface area contributed by atoms with Crippen LogP contribution >= 0.6 is 65.4 Å². The van der Waals surface area contributed by atoms with Gasteiger partial charge in [-0.15, -0.1) is 0 Å². The smallest absolute Gasteiger partial charge is 0.306 e. The van der Waals surface area contributed by atoms with Crippen molar-refractivity contribution in [2.75, 3.05) is 14.1 Å². The Bertz CT molecular complexity index is 58.4.